The van der Waals surface area contributed by atoms with Crippen LogP contribution in [0.25, 0.3) is 0 Å². The fourth-order valence-electron chi connectivity index (χ4n) is 0.146. The highest BCUT2D eigenvalue weighted by molar-refractivity contribution is 5.47. The molecule has 0 aliphatic carbocycles. The summed E-state index contributed by atoms with van der Waals surface area (Å²) in [6, 6.07) is 0. The van der Waals surface area contributed by atoms with Crippen LogP contribution in [0.15, 0.2) is 12.7 Å². The van der Waals surface area contributed by atoms with Gasteiger partial charge in [-0.2, -0.15) is 0 Å². The number of amides is 1. The molecule has 4 nitrogen and oxygen atoms in total. The molecule has 0 heterocycles. The van der Waals surface area contributed by atoms with Gasteiger partial charge in [-0.3, -0.25) is 4.79 Å². The molecule has 0 spiro atoms. The smallest absolute Gasteiger partial charge is 0.267 e. The Morgan fingerprint density at radius 1 is 1.62 bits per heavy atom. The first-order valence-corrected chi connectivity index (χ1v) is 1.92. The summed E-state index contributed by atoms with van der Waals surface area (Å²) in [6.45, 7) is 3.03. The fraction of sp³-hybridized carbons (Fsp3) is 0.250. The molecule has 0 aromatic carbocycles. The van der Waals surface area contributed by atoms with Gasteiger partial charge in [0, 0.05) is 0 Å². The van der Waals surface area contributed by atoms with Gasteiger partial charge in [0.2, 0.25) is 6.41 Å². The number of aliphatic hydroxyl groups is 2. The average molecular weight is 117 g/mol. The third-order valence-electron chi connectivity index (χ3n) is 0.556. The largest absolute Gasteiger partial charge is 0.346 e. The van der Waals surface area contributed by atoms with E-state index in [2.05, 4.69) is 6.58 Å². The van der Waals surface area contributed by atoms with Crippen LogP contribution in [0.2, 0.25) is 0 Å². The summed E-state index contributed by atoms with van der Waals surface area (Å²) in [6.07, 6.45) is 0.961. The van der Waals surface area contributed by atoms with Crippen LogP contribution in [0.5, 0.6) is 0 Å². The van der Waals surface area contributed by atoms with Gasteiger partial charge in [-0.1, -0.05) is 6.58 Å². The van der Waals surface area contributed by atoms with E-state index in [4.69, 9.17) is 10.2 Å². The summed E-state index contributed by atoms with van der Waals surface area (Å²) >= 11 is 0. The van der Waals surface area contributed by atoms with Gasteiger partial charge < -0.3 is 15.5 Å². The maximum Gasteiger partial charge on any atom is 0.267 e. The number of hydrogen-bond acceptors (Lipinski definition) is 3. The predicted molar refractivity (Wildman–Crippen MR) is 26.6 cm³/mol. The van der Waals surface area contributed by atoms with Crippen molar-refractivity contribution in [2.75, 3.05) is 0 Å². The molecule has 0 saturated carbocycles. The lowest BCUT2D eigenvalue weighted by Gasteiger charge is -2.13. The quantitative estimate of drug-likeness (QED) is 0.241. The van der Waals surface area contributed by atoms with Crippen molar-refractivity contribution in [1.29, 1.82) is 0 Å². The zero-order chi connectivity index (χ0) is 6.62. The second-order valence-electron chi connectivity index (χ2n) is 1.19. The maximum absolute atomic E-state index is 9.50. The Kier molecular flexibility index (Phi) is 2.18. The van der Waals surface area contributed by atoms with Gasteiger partial charge in [-0.05, 0) is 6.08 Å². The summed E-state index contributed by atoms with van der Waals surface area (Å²) in [4.78, 5) is 9.50. The van der Waals surface area contributed by atoms with Crippen molar-refractivity contribution in [1.82, 2.24) is 5.32 Å². The Labute approximate surface area is 46.4 Å². The van der Waals surface area contributed by atoms with E-state index in [0.29, 0.717) is 0 Å². The molecule has 1 amide bonds. The minimum absolute atomic E-state index is 0.168. The summed E-state index contributed by atoms with van der Waals surface area (Å²) in [5, 5.41) is 18.5. The molecule has 0 fully saturated rings. The number of hydrogen-bond donors (Lipinski definition) is 3. The first-order valence-electron chi connectivity index (χ1n) is 1.92. The van der Waals surface area contributed by atoms with Crippen LogP contribution < -0.4 is 5.32 Å². The van der Waals surface area contributed by atoms with Crippen molar-refractivity contribution in [3.05, 3.63) is 12.7 Å². The molecule has 0 bridgehead atoms. The highest BCUT2D eigenvalue weighted by Crippen LogP contribution is 1.89. The molecule has 0 rings (SSSR count). The van der Waals surface area contributed by atoms with E-state index in [-0.39, 0.29) is 6.41 Å². The van der Waals surface area contributed by atoms with Crippen molar-refractivity contribution in [2.45, 2.75) is 5.91 Å². The Morgan fingerprint density at radius 2 is 2.12 bits per heavy atom. The first kappa shape index (κ1) is 7.13. The Balaban J connectivity index is 3.70. The number of carbonyl (C=O) groups excluding carboxylic acids is 1. The van der Waals surface area contributed by atoms with Gasteiger partial charge >= 0.3 is 0 Å². The van der Waals surface area contributed by atoms with E-state index < -0.39 is 5.91 Å². The van der Waals surface area contributed by atoms with Crippen molar-refractivity contribution < 1.29 is 15.0 Å². The van der Waals surface area contributed by atoms with Crippen molar-refractivity contribution in [2.24, 2.45) is 0 Å². The topological polar surface area (TPSA) is 69.6 Å². The Hall–Kier alpha value is -0.870. The molecule has 3 N–H and O–H groups in total. The summed E-state index contributed by atoms with van der Waals surface area (Å²) in [5.41, 5.74) is 0. The van der Waals surface area contributed by atoms with E-state index in [0.717, 1.165) is 6.08 Å². The standard InChI is InChI=1S/C4H7NO3/c1-2-4(7,8)5-3-6/h2-3,7-8H,1H2,(H,5,6). The van der Waals surface area contributed by atoms with Gasteiger partial charge in [0.15, 0.2) is 0 Å². The molecule has 46 valence electrons. The second-order valence-corrected chi connectivity index (χ2v) is 1.19. The normalized spacial score (nSPS) is 10.2. The highest BCUT2D eigenvalue weighted by Gasteiger charge is 2.14. The minimum Gasteiger partial charge on any atom is -0.346 e. The van der Waals surface area contributed by atoms with Gasteiger partial charge in [-0.25, -0.2) is 0 Å². The number of carbonyl (C=O) groups is 1. The maximum atomic E-state index is 9.50. The van der Waals surface area contributed by atoms with Gasteiger partial charge in [0.25, 0.3) is 5.91 Å². The van der Waals surface area contributed by atoms with E-state index in [1.807, 2.05) is 0 Å². The van der Waals surface area contributed by atoms with Crippen LogP contribution in [0.1, 0.15) is 0 Å². The zero-order valence-corrected chi connectivity index (χ0v) is 4.16. The Morgan fingerprint density at radius 3 is 2.25 bits per heavy atom. The molecule has 0 aliphatic heterocycles. The van der Waals surface area contributed by atoms with Gasteiger partial charge in [-0.15, -0.1) is 0 Å². The van der Waals surface area contributed by atoms with E-state index in [9.17, 15) is 4.79 Å². The zero-order valence-electron chi connectivity index (χ0n) is 4.16. The Bertz CT molecular complexity index is 99.5. The van der Waals surface area contributed by atoms with E-state index in [1.54, 1.807) is 5.32 Å². The average Bonchev–Trinajstić information content (AvgIpc) is 1.67. The monoisotopic (exact) mass is 117 g/mol. The summed E-state index contributed by atoms with van der Waals surface area (Å²) < 4.78 is 0. The molecular weight excluding hydrogens is 110 g/mol. The summed E-state index contributed by atoms with van der Waals surface area (Å²) in [5.74, 6) is -2.26. The van der Waals surface area contributed by atoms with Crippen LogP contribution >= 0.6 is 0 Å². The van der Waals surface area contributed by atoms with Crippen LogP contribution in [0, 0.1) is 0 Å². The highest BCUT2D eigenvalue weighted by atomic mass is 16.5. The van der Waals surface area contributed by atoms with Crippen LogP contribution in [-0.4, -0.2) is 22.5 Å². The van der Waals surface area contributed by atoms with Gasteiger partial charge in [0.05, 0.1) is 0 Å². The fourth-order valence-corrected chi connectivity index (χ4v) is 0.146. The molecule has 0 saturated heterocycles. The second kappa shape index (κ2) is 2.44. The SMILES string of the molecule is C=CC(O)(O)NC=O. The molecule has 4 heteroatoms. The minimum atomic E-state index is -2.26. The molecule has 0 unspecified atom stereocenters. The molecule has 0 radical (unpaired) electrons. The molecule has 8 heavy (non-hydrogen) atoms. The molecular formula is C4H7NO3. The summed E-state index contributed by atoms with van der Waals surface area (Å²) in [7, 11) is 0. The van der Waals surface area contributed by atoms with Crippen LogP contribution in [0.3, 0.4) is 0 Å². The van der Waals surface area contributed by atoms with Crippen LogP contribution in [0.4, 0.5) is 0 Å². The molecule has 0 aromatic rings. The van der Waals surface area contributed by atoms with Crippen LogP contribution in [-0.2, 0) is 4.79 Å². The van der Waals surface area contributed by atoms with E-state index in [1.165, 1.54) is 0 Å². The van der Waals surface area contributed by atoms with Crippen molar-refractivity contribution >= 4 is 6.41 Å². The third-order valence-corrected chi connectivity index (χ3v) is 0.556. The van der Waals surface area contributed by atoms with Crippen molar-refractivity contribution in [3.8, 4) is 0 Å². The van der Waals surface area contributed by atoms with Crippen molar-refractivity contribution in [3.63, 3.8) is 0 Å². The van der Waals surface area contributed by atoms with Gasteiger partial charge in [0.1, 0.15) is 0 Å². The lowest BCUT2D eigenvalue weighted by atomic mass is 10.5. The molecule has 0 atom stereocenters. The third kappa shape index (κ3) is 2.33. The number of nitrogens with one attached hydrogen (secondary N) is 1. The molecule has 0 aromatic heterocycles. The molecule has 0 aliphatic rings. The predicted octanol–water partition coefficient (Wildman–Crippen LogP) is -1.44. The lowest BCUT2D eigenvalue weighted by molar-refractivity contribution is -0.152. The van der Waals surface area contributed by atoms with E-state index >= 15 is 0 Å². The number of rotatable bonds is 3. The first-order chi connectivity index (χ1) is 3.62. The lowest BCUT2D eigenvalue weighted by Crippen LogP contribution is -2.41.